The minimum Gasteiger partial charge on any atom is -0.423 e. The maximum absolute atomic E-state index is 11.8. The summed E-state index contributed by atoms with van der Waals surface area (Å²) in [6.45, 7) is 6.20. The number of aryl methyl sites for hydroxylation is 1. The SMILES string of the molecule is Cc1ccc(-c2nnco2)cc1NC(=O)CNC(C)C. The van der Waals surface area contributed by atoms with Gasteiger partial charge in [-0.15, -0.1) is 10.2 Å². The number of aromatic nitrogens is 2. The van der Waals surface area contributed by atoms with Crippen LogP contribution in [0.5, 0.6) is 0 Å². The summed E-state index contributed by atoms with van der Waals surface area (Å²) < 4.78 is 5.15. The first-order valence-electron chi connectivity index (χ1n) is 6.46. The Balaban J connectivity index is 2.11. The van der Waals surface area contributed by atoms with Crippen molar-refractivity contribution in [3.8, 4) is 11.5 Å². The van der Waals surface area contributed by atoms with E-state index in [-0.39, 0.29) is 18.5 Å². The molecule has 6 heteroatoms. The number of nitrogens with zero attached hydrogens (tertiary/aromatic N) is 2. The van der Waals surface area contributed by atoms with Gasteiger partial charge in [0, 0.05) is 17.3 Å². The zero-order valence-corrected chi connectivity index (χ0v) is 11.8. The molecule has 0 bridgehead atoms. The van der Waals surface area contributed by atoms with Crippen LogP contribution in [0.25, 0.3) is 11.5 Å². The summed E-state index contributed by atoms with van der Waals surface area (Å²) in [5.41, 5.74) is 2.50. The highest BCUT2D eigenvalue weighted by Crippen LogP contribution is 2.23. The number of carbonyl (C=O) groups excluding carboxylic acids is 1. The van der Waals surface area contributed by atoms with Crippen molar-refractivity contribution in [2.45, 2.75) is 26.8 Å². The first-order valence-corrected chi connectivity index (χ1v) is 6.46. The smallest absolute Gasteiger partial charge is 0.247 e. The fraction of sp³-hybridized carbons (Fsp3) is 0.357. The lowest BCUT2D eigenvalue weighted by Crippen LogP contribution is -2.32. The molecule has 0 spiro atoms. The van der Waals surface area contributed by atoms with Crippen molar-refractivity contribution in [1.29, 1.82) is 0 Å². The van der Waals surface area contributed by atoms with Gasteiger partial charge in [-0.25, -0.2) is 0 Å². The van der Waals surface area contributed by atoms with Crippen molar-refractivity contribution in [3.63, 3.8) is 0 Å². The maximum Gasteiger partial charge on any atom is 0.247 e. The molecule has 1 aromatic heterocycles. The number of benzene rings is 1. The number of hydrogen-bond donors (Lipinski definition) is 2. The minimum absolute atomic E-state index is 0.0792. The summed E-state index contributed by atoms with van der Waals surface area (Å²) in [7, 11) is 0. The van der Waals surface area contributed by atoms with E-state index >= 15 is 0 Å². The first kappa shape index (κ1) is 14.2. The van der Waals surface area contributed by atoms with Gasteiger partial charge >= 0.3 is 0 Å². The van der Waals surface area contributed by atoms with E-state index in [1.54, 1.807) is 0 Å². The highest BCUT2D eigenvalue weighted by molar-refractivity contribution is 5.93. The first-order chi connectivity index (χ1) is 9.56. The lowest BCUT2D eigenvalue weighted by atomic mass is 10.1. The Kier molecular flexibility index (Phi) is 4.47. The van der Waals surface area contributed by atoms with Crippen LogP contribution in [0.3, 0.4) is 0 Å². The normalized spacial score (nSPS) is 10.8. The molecule has 0 aliphatic carbocycles. The van der Waals surface area contributed by atoms with E-state index in [4.69, 9.17) is 4.42 Å². The molecule has 6 nitrogen and oxygen atoms in total. The van der Waals surface area contributed by atoms with Gasteiger partial charge in [-0.05, 0) is 24.6 Å². The Morgan fingerprint density at radius 3 is 2.85 bits per heavy atom. The van der Waals surface area contributed by atoms with Gasteiger partial charge in [0.05, 0.1) is 6.54 Å². The summed E-state index contributed by atoms with van der Waals surface area (Å²) in [4.78, 5) is 11.8. The van der Waals surface area contributed by atoms with Gasteiger partial charge in [-0.3, -0.25) is 4.79 Å². The zero-order valence-electron chi connectivity index (χ0n) is 11.8. The van der Waals surface area contributed by atoms with Gasteiger partial charge in [0.2, 0.25) is 18.2 Å². The van der Waals surface area contributed by atoms with Crippen LogP contribution >= 0.6 is 0 Å². The molecule has 2 rings (SSSR count). The fourth-order valence-corrected chi connectivity index (χ4v) is 1.68. The average molecular weight is 274 g/mol. The number of hydrogen-bond acceptors (Lipinski definition) is 5. The Hall–Kier alpha value is -2.21. The van der Waals surface area contributed by atoms with Crippen molar-refractivity contribution in [3.05, 3.63) is 30.2 Å². The van der Waals surface area contributed by atoms with Crippen molar-refractivity contribution in [2.75, 3.05) is 11.9 Å². The van der Waals surface area contributed by atoms with Gasteiger partial charge in [-0.1, -0.05) is 19.9 Å². The third-order valence-corrected chi connectivity index (χ3v) is 2.79. The largest absolute Gasteiger partial charge is 0.423 e. The second-order valence-electron chi connectivity index (χ2n) is 4.86. The summed E-state index contributed by atoms with van der Waals surface area (Å²) >= 11 is 0. The Labute approximate surface area is 117 Å². The van der Waals surface area contributed by atoms with Crippen molar-refractivity contribution in [1.82, 2.24) is 15.5 Å². The number of carbonyl (C=O) groups is 1. The molecule has 1 aromatic carbocycles. The Morgan fingerprint density at radius 2 is 2.20 bits per heavy atom. The van der Waals surface area contributed by atoms with Crippen molar-refractivity contribution >= 4 is 11.6 Å². The molecule has 0 aliphatic rings. The average Bonchev–Trinajstić information content (AvgIpc) is 2.93. The van der Waals surface area contributed by atoms with E-state index in [0.717, 1.165) is 16.8 Å². The number of rotatable bonds is 5. The fourth-order valence-electron chi connectivity index (χ4n) is 1.68. The molecule has 0 saturated carbocycles. The summed E-state index contributed by atoms with van der Waals surface area (Å²) in [5, 5.41) is 13.5. The standard InChI is InChI=1S/C14H18N4O2/c1-9(2)15-7-13(19)17-12-6-11(5-4-10(12)3)14-18-16-8-20-14/h4-6,8-9,15H,7H2,1-3H3,(H,17,19). The Morgan fingerprint density at radius 1 is 1.40 bits per heavy atom. The van der Waals surface area contributed by atoms with Crippen LogP contribution in [0.1, 0.15) is 19.4 Å². The van der Waals surface area contributed by atoms with Crippen LogP contribution in [-0.4, -0.2) is 28.7 Å². The highest BCUT2D eigenvalue weighted by atomic mass is 16.4. The van der Waals surface area contributed by atoms with E-state index in [0.29, 0.717) is 5.89 Å². The molecule has 106 valence electrons. The third-order valence-electron chi connectivity index (χ3n) is 2.79. The molecule has 2 N–H and O–H groups in total. The molecule has 0 unspecified atom stereocenters. The van der Waals surface area contributed by atoms with Crippen LogP contribution in [-0.2, 0) is 4.79 Å². The molecule has 0 radical (unpaired) electrons. The molecule has 1 heterocycles. The van der Waals surface area contributed by atoms with Crippen molar-refractivity contribution < 1.29 is 9.21 Å². The molecule has 0 atom stereocenters. The van der Waals surface area contributed by atoms with Crippen LogP contribution in [0.4, 0.5) is 5.69 Å². The van der Waals surface area contributed by atoms with E-state index in [1.165, 1.54) is 6.39 Å². The summed E-state index contributed by atoms with van der Waals surface area (Å²) in [5.74, 6) is 0.352. The predicted octanol–water partition coefficient (Wildman–Crippen LogP) is 1.98. The molecule has 0 aliphatic heterocycles. The van der Waals surface area contributed by atoms with Crippen LogP contribution in [0, 0.1) is 6.92 Å². The molecule has 1 amide bonds. The van der Waals surface area contributed by atoms with Crippen LogP contribution in [0.15, 0.2) is 29.0 Å². The molecule has 20 heavy (non-hydrogen) atoms. The molecular formula is C14H18N4O2. The lowest BCUT2D eigenvalue weighted by Gasteiger charge is -2.11. The van der Waals surface area contributed by atoms with Gasteiger partial charge in [-0.2, -0.15) is 0 Å². The van der Waals surface area contributed by atoms with Gasteiger partial charge in [0.15, 0.2) is 0 Å². The maximum atomic E-state index is 11.8. The minimum atomic E-state index is -0.0792. The Bertz CT molecular complexity index is 579. The van der Waals surface area contributed by atoms with E-state index in [1.807, 2.05) is 39.0 Å². The molecule has 2 aromatic rings. The highest BCUT2D eigenvalue weighted by Gasteiger charge is 2.09. The number of nitrogens with one attached hydrogen (secondary N) is 2. The molecular weight excluding hydrogens is 256 g/mol. The van der Waals surface area contributed by atoms with E-state index in [2.05, 4.69) is 20.8 Å². The quantitative estimate of drug-likeness (QED) is 0.871. The third kappa shape index (κ3) is 3.64. The van der Waals surface area contributed by atoms with Gasteiger partial charge < -0.3 is 15.1 Å². The predicted molar refractivity (Wildman–Crippen MR) is 76.2 cm³/mol. The van der Waals surface area contributed by atoms with E-state index in [9.17, 15) is 4.79 Å². The molecule has 0 fully saturated rings. The summed E-state index contributed by atoms with van der Waals surface area (Å²) in [6.07, 6.45) is 1.28. The zero-order chi connectivity index (χ0) is 14.5. The monoisotopic (exact) mass is 274 g/mol. The summed E-state index contributed by atoms with van der Waals surface area (Å²) in [6, 6.07) is 5.89. The van der Waals surface area contributed by atoms with Gasteiger partial charge in [0.25, 0.3) is 0 Å². The lowest BCUT2D eigenvalue weighted by molar-refractivity contribution is -0.115. The van der Waals surface area contributed by atoms with Crippen LogP contribution < -0.4 is 10.6 Å². The van der Waals surface area contributed by atoms with E-state index < -0.39 is 0 Å². The van der Waals surface area contributed by atoms with Gasteiger partial charge in [0.1, 0.15) is 0 Å². The number of anilines is 1. The second kappa shape index (κ2) is 6.29. The van der Waals surface area contributed by atoms with Crippen molar-refractivity contribution in [2.24, 2.45) is 0 Å². The van der Waals surface area contributed by atoms with Crippen LogP contribution in [0.2, 0.25) is 0 Å². The molecule has 0 saturated heterocycles. The topological polar surface area (TPSA) is 80.1 Å². The number of amides is 1. The second-order valence-corrected chi connectivity index (χ2v) is 4.86.